The Morgan fingerprint density at radius 3 is 2.57 bits per heavy atom. The molecule has 0 bridgehead atoms. The van der Waals surface area contributed by atoms with E-state index in [-0.39, 0.29) is 11.3 Å². The second-order valence-electron chi connectivity index (χ2n) is 5.78. The number of anilines is 1. The quantitative estimate of drug-likeness (QED) is 0.573. The van der Waals surface area contributed by atoms with Gasteiger partial charge in [0.2, 0.25) is 0 Å². The average Bonchev–Trinajstić information content (AvgIpc) is 3.26. The van der Waals surface area contributed by atoms with Crippen LogP contribution in [-0.2, 0) is 0 Å². The maximum atomic E-state index is 14.2. The minimum absolute atomic E-state index is 0.00696. The SMILES string of the molecule is O=C(Nc1cc(-n2cnnn2)ccc1F)c1ccccc1Oc1ccccc1. The Kier molecular flexibility index (Phi) is 4.75. The number of carbonyl (C=O) groups excluding carboxylic acids is 1. The van der Waals surface area contributed by atoms with Crippen molar-refractivity contribution in [1.82, 2.24) is 20.2 Å². The van der Waals surface area contributed by atoms with Crippen LogP contribution in [0.15, 0.2) is 79.1 Å². The lowest BCUT2D eigenvalue weighted by molar-refractivity contribution is 0.102. The molecule has 0 aliphatic rings. The fourth-order valence-corrected chi connectivity index (χ4v) is 2.58. The molecule has 1 heterocycles. The zero-order chi connectivity index (χ0) is 19.3. The van der Waals surface area contributed by atoms with Crippen LogP contribution in [0.2, 0.25) is 0 Å². The van der Waals surface area contributed by atoms with E-state index in [0.717, 1.165) is 0 Å². The summed E-state index contributed by atoms with van der Waals surface area (Å²) in [5, 5.41) is 13.4. The minimum atomic E-state index is -0.577. The van der Waals surface area contributed by atoms with Crippen LogP contribution in [-0.4, -0.2) is 26.1 Å². The van der Waals surface area contributed by atoms with Crippen molar-refractivity contribution in [3.8, 4) is 17.2 Å². The first-order valence-corrected chi connectivity index (χ1v) is 8.37. The molecule has 0 atom stereocenters. The number of hydrogen-bond donors (Lipinski definition) is 1. The predicted octanol–water partition coefficient (Wildman–Crippen LogP) is 3.85. The summed E-state index contributed by atoms with van der Waals surface area (Å²) in [5.74, 6) is -0.122. The molecule has 1 aromatic heterocycles. The maximum Gasteiger partial charge on any atom is 0.259 e. The highest BCUT2D eigenvalue weighted by Crippen LogP contribution is 2.26. The van der Waals surface area contributed by atoms with Crippen molar-refractivity contribution in [2.45, 2.75) is 0 Å². The molecular weight excluding hydrogens is 361 g/mol. The molecule has 1 amide bonds. The van der Waals surface area contributed by atoms with Crippen LogP contribution >= 0.6 is 0 Å². The number of para-hydroxylation sites is 2. The van der Waals surface area contributed by atoms with E-state index < -0.39 is 11.7 Å². The van der Waals surface area contributed by atoms with E-state index in [1.807, 2.05) is 18.2 Å². The molecule has 0 spiro atoms. The van der Waals surface area contributed by atoms with Crippen LogP contribution in [0.1, 0.15) is 10.4 Å². The molecule has 0 unspecified atom stereocenters. The number of carbonyl (C=O) groups is 1. The molecule has 0 fully saturated rings. The highest BCUT2D eigenvalue weighted by atomic mass is 19.1. The lowest BCUT2D eigenvalue weighted by atomic mass is 10.1. The second kappa shape index (κ2) is 7.67. The zero-order valence-electron chi connectivity index (χ0n) is 14.5. The monoisotopic (exact) mass is 375 g/mol. The highest BCUT2D eigenvalue weighted by Gasteiger charge is 2.15. The van der Waals surface area contributed by atoms with Gasteiger partial charge < -0.3 is 10.1 Å². The summed E-state index contributed by atoms with van der Waals surface area (Å²) >= 11 is 0. The summed E-state index contributed by atoms with van der Waals surface area (Å²) in [4.78, 5) is 12.8. The fraction of sp³-hybridized carbons (Fsp3) is 0. The van der Waals surface area contributed by atoms with E-state index in [0.29, 0.717) is 17.2 Å². The number of rotatable bonds is 5. The smallest absolute Gasteiger partial charge is 0.259 e. The lowest BCUT2D eigenvalue weighted by Gasteiger charge is -2.12. The summed E-state index contributed by atoms with van der Waals surface area (Å²) in [6.45, 7) is 0. The van der Waals surface area contributed by atoms with Gasteiger partial charge in [-0.2, -0.15) is 0 Å². The van der Waals surface area contributed by atoms with Crippen molar-refractivity contribution < 1.29 is 13.9 Å². The molecule has 4 aromatic rings. The minimum Gasteiger partial charge on any atom is -0.457 e. The summed E-state index contributed by atoms with van der Waals surface area (Å²) in [6, 6.07) is 20.0. The number of hydrogen-bond acceptors (Lipinski definition) is 5. The van der Waals surface area contributed by atoms with Crippen molar-refractivity contribution in [2.24, 2.45) is 0 Å². The van der Waals surface area contributed by atoms with Crippen LogP contribution in [0.3, 0.4) is 0 Å². The van der Waals surface area contributed by atoms with Gasteiger partial charge in [-0.3, -0.25) is 4.79 Å². The summed E-state index contributed by atoms with van der Waals surface area (Å²) in [7, 11) is 0. The Hall–Kier alpha value is -4.07. The summed E-state index contributed by atoms with van der Waals surface area (Å²) in [5.41, 5.74) is 0.793. The number of amides is 1. The van der Waals surface area contributed by atoms with Crippen molar-refractivity contribution >= 4 is 11.6 Å². The molecule has 4 rings (SSSR count). The largest absolute Gasteiger partial charge is 0.457 e. The standard InChI is InChI=1S/C20H14FN5O2/c21-17-11-10-14(26-13-22-24-25-26)12-18(17)23-20(27)16-8-4-5-9-19(16)28-15-6-2-1-3-7-15/h1-13H,(H,23,27). The van der Waals surface area contributed by atoms with E-state index in [2.05, 4.69) is 20.8 Å². The lowest BCUT2D eigenvalue weighted by Crippen LogP contribution is -2.14. The molecule has 8 heteroatoms. The van der Waals surface area contributed by atoms with Gasteiger partial charge in [-0.05, 0) is 52.9 Å². The Balaban J connectivity index is 1.60. The molecule has 7 nitrogen and oxygen atoms in total. The highest BCUT2D eigenvalue weighted by molar-refractivity contribution is 6.06. The van der Waals surface area contributed by atoms with E-state index in [9.17, 15) is 9.18 Å². The second-order valence-corrected chi connectivity index (χ2v) is 5.78. The third-order valence-electron chi connectivity index (χ3n) is 3.91. The number of nitrogens with one attached hydrogen (secondary N) is 1. The Labute approximate surface area is 159 Å². The Morgan fingerprint density at radius 1 is 1.00 bits per heavy atom. The van der Waals surface area contributed by atoms with Crippen molar-refractivity contribution in [1.29, 1.82) is 0 Å². The van der Waals surface area contributed by atoms with Crippen LogP contribution in [0.25, 0.3) is 5.69 Å². The molecule has 0 aliphatic heterocycles. The van der Waals surface area contributed by atoms with Gasteiger partial charge in [-0.25, -0.2) is 9.07 Å². The van der Waals surface area contributed by atoms with Crippen LogP contribution in [0, 0.1) is 5.82 Å². The number of benzene rings is 3. The number of ether oxygens (including phenoxy) is 1. The van der Waals surface area contributed by atoms with Gasteiger partial charge in [0.25, 0.3) is 5.91 Å². The van der Waals surface area contributed by atoms with E-state index in [1.165, 1.54) is 29.2 Å². The van der Waals surface area contributed by atoms with Crippen LogP contribution in [0.5, 0.6) is 11.5 Å². The van der Waals surface area contributed by atoms with E-state index in [1.54, 1.807) is 36.4 Å². The third-order valence-corrected chi connectivity index (χ3v) is 3.91. The van der Waals surface area contributed by atoms with Gasteiger partial charge in [-0.1, -0.05) is 30.3 Å². The van der Waals surface area contributed by atoms with Crippen LogP contribution < -0.4 is 10.1 Å². The van der Waals surface area contributed by atoms with Crippen molar-refractivity contribution in [2.75, 3.05) is 5.32 Å². The molecule has 1 N–H and O–H groups in total. The summed E-state index contributed by atoms with van der Waals surface area (Å²) in [6.07, 6.45) is 1.38. The number of tetrazole rings is 1. The molecule has 138 valence electrons. The first-order valence-electron chi connectivity index (χ1n) is 8.37. The normalized spacial score (nSPS) is 10.5. The molecule has 0 saturated carbocycles. The number of halogens is 1. The maximum absolute atomic E-state index is 14.2. The first kappa shape index (κ1) is 17.3. The Bertz CT molecular complexity index is 1100. The van der Waals surface area contributed by atoms with Crippen molar-refractivity contribution in [3.63, 3.8) is 0 Å². The van der Waals surface area contributed by atoms with Gasteiger partial charge in [0.15, 0.2) is 0 Å². The number of aromatic nitrogens is 4. The number of nitrogens with zero attached hydrogens (tertiary/aromatic N) is 4. The van der Waals surface area contributed by atoms with Gasteiger partial charge in [0.05, 0.1) is 16.9 Å². The molecular formula is C20H14FN5O2. The predicted molar refractivity (Wildman–Crippen MR) is 100 cm³/mol. The molecule has 0 saturated heterocycles. The van der Waals surface area contributed by atoms with E-state index >= 15 is 0 Å². The molecule has 3 aromatic carbocycles. The van der Waals surface area contributed by atoms with Crippen molar-refractivity contribution in [3.05, 3.63) is 90.5 Å². The Morgan fingerprint density at radius 2 is 1.79 bits per heavy atom. The van der Waals surface area contributed by atoms with E-state index in [4.69, 9.17) is 4.74 Å². The fourth-order valence-electron chi connectivity index (χ4n) is 2.58. The average molecular weight is 375 g/mol. The van der Waals surface area contributed by atoms with Gasteiger partial charge >= 0.3 is 0 Å². The van der Waals surface area contributed by atoms with Crippen LogP contribution in [0.4, 0.5) is 10.1 Å². The van der Waals surface area contributed by atoms with Gasteiger partial charge in [-0.15, -0.1) is 5.10 Å². The zero-order valence-corrected chi connectivity index (χ0v) is 14.5. The van der Waals surface area contributed by atoms with Gasteiger partial charge in [0, 0.05) is 0 Å². The first-order chi connectivity index (χ1) is 13.7. The molecule has 0 radical (unpaired) electrons. The molecule has 28 heavy (non-hydrogen) atoms. The topological polar surface area (TPSA) is 81.9 Å². The summed E-state index contributed by atoms with van der Waals surface area (Å²) < 4.78 is 21.4. The van der Waals surface area contributed by atoms with Gasteiger partial charge in [0.1, 0.15) is 23.6 Å². The third kappa shape index (κ3) is 3.70. The molecule has 0 aliphatic carbocycles.